The first-order valence-corrected chi connectivity index (χ1v) is 17.4. The van der Waals surface area contributed by atoms with E-state index in [1.165, 1.54) is 10.9 Å². The van der Waals surface area contributed by atoms with Gasteiger partial charge in [-0.3, -0.25) is 9.51 Å². The van der Waals surface area contributed by atoms with Gasteiger partial charge in [0.1, 0.15) is 6.20 Å². The first kappa shape index (κ1) is 12.7. The summed E-state index contributed by atoms with van der Waals surface area (Å²) in [5.74, 6) is 0. The van der Waals surface area contributed by atoms with E-state index in [0.29, 0.717) is 0 Å². The quantitative estimate of drug-likeness (QED) is 0.537. The average Bonchev–Trinajstić information content (AvgIpc) is 2.67. The Hall–Kier alpha value is -0.395. The molecule has 0 aliphatic rings. The van der Waals surface area contributed by atoms with Gasteiger partial charge in [0.15, 0.2) is 0 Å². The number of hydrogen-bond acceptors (Lipinski definition) is 3. The third kappa shape index (κ3) is 4.32. The number of nitrogens with zero attached hydrogens (tertiary/aromatic N) is 2. The molecule has 0 atom stereocenters. The Labute approximate surface area is 104 Å². The van der Waals surface area contributed by atoms with E-state index in [9.17, 15) is 4.79 Å². The van der Waals surface area contributed by atoms with Crippen molar-refractivity contribution in [2.24, 2.45) is 0 Å². The van der Waals surface area contributed by atoms with Crippen molar-refractivity contribution >= 4 is 16.5 Å². The minimum absolute atomic E-state index is 0.418. The number of rotatable bonds is 1. The summed E-state index contributed by atoms with van der Waals surface area (Å²) in [6.07, 6.45) is 4.57. The average molecular weight is 436 g/mol. The van der Waals surface area contributed by atoms with E-state index in [2.05, 4.69) is 14.8 Å². The minimum atomic E-state index is -1.14. The Bertz CT molecular complexity index is 445. The van der Waals surface area contributed by atoms with Crippen LogP contribution in [0.25, 0.3) is 5.69 Å². The maximum atomic E-state index is 10.6. The van der Waals surface area contributed by atoms with E-state index in [-0.39, 0.29) is 0 Å². The monoisotopic (exact) mass is 436 g/mol. The van der Waals surface area contributed by atoms with Crippen molar-refractivity contribution in [3.05, 3.63) is 41.1 Å². The molecule has 0 aliphatic heterocycles. The van der Waals surface area contributed by atoms with Crippen molar-refractivity contribution in [3.8, 4) is 5.69 Å². The van der Waals surface area contributed by atoms with Gasteiger partial charge in [0.2, 0.25) is 0 Å². The van der Waals surface area contributed by atoms with Crippen molar-refractivity contribution in [2.75, 3.05) is 0 Å². The molecule has 15 heavy (non-hydrogen) atoms. The molecule has 2 aromatic heterocycles. The van der Waals surface area contributed by atoms with E-state index >= 15 is 0 Å². The number of nitrogens with one attached hydrogen (secondary N) is 1. The van der Waals surface area contributed by atoms with Gasteiger partial charge >= 0.3 is 44.2 Å². The number of hydrogen-bond donors (Lipinski definition) is 1. The fourth-order valence-electron chi connectivity index (χ4n) is 0.876. The van der Waals surface area contributed by atoms with Gasteiger partial charge in [0.05, 0.1) is 0 Å². The van der Waals surface area contributed by atoms with E-state index in [1.807, 2.05) is 0 Å². The van der Waals surface area contributed by atoms with Crippen LogP contribution >= 0.6 is 16.5 Å². The third-order valence-electron chi connectivity index (χ3n) is 1.40. The summed E-state index contributed by atoms with van der Waals surface area (Å²) in [7, 11) is 9.97. The molecule has 2 aromatic rings. The van der Waals surface area contributed by atoms with Gasteiger partial charge in [-0.2, -0.15) is 0 Å². The fraction of sp³-hybridized carbons (Fsp3) is 0. The molecule has 0 saturated carbocycles. The van der Waals surface area contributed by atoms with Crippen LogP contribution in [0.15, 0.2) is 40.0 Å². The fourth-order valence-corrected chi connectivity index (χ4v) is 0.876. The molecule has 0 radical (unpaired) electrons. The van der Waals surface area contributed by atoms with E-state index < -0.39 is 27.7 Å². The number of H-pyrrole nitrogens is 1. The molecule has 0 amide bonds. The van der Waals surface area contributed by atoms with Gasteiger partial charge in [-0.1, -0.05) is 0 Å². The van der Waals surface area contributed by atoms with E-state index in [1.54, 1.807) is 24.5 Å². The maximum absolute atomic E-state index is 10.6. The van der Waals surface area contributed by atoms with Crippen LogP contribution in [0.3, 0.4) is 0 Å². The third-order valence-corrected chi connectivity index (χ3v) is 1.40. The zero-order chi connectivity index (χ0) is 11.1. The summed E-state index contributed by atoms with van der Waals surface area (Å²) >= 11 is -1.14. The van der Waals surface area contributed by atoms with Crippen molar-refractivity contribution in [1.82, 2.24) is 10.3 Å². The van der Waals surface area contributed by atoms with Crippen molar-refractivity contribution < 1.29 is 31.3 Å². The van der Waals surface area contributed by atoms with Crippen LogP contribution in [0, 0.1) is 0 Å². The number of aromatic amines is 1. The summed E-state index contributed by atoms with van der Waals surface area (Å²) in [4.78, 5) is 14.5. The van der Waals surface area contributed by atoms with Gasteiger partial charge in [-0.25, -0.2) is 4.79 Å². The van der Waals surface area contributed by atoms with Gasteiger partial charge in [-0.05, 0) is 16.0 Å². The summed E-state index contributed by atoms with van der Waals surface area (Å²) < 4.78 is 5.93. The second-order valence-electron chi connectivity index (χ2n) is 2.32. The molecule has 0 fully saturated rings. The topological polar surface area (TPSA) is 62.8 Å². The van der Waals surface area contributed by atoms with Gasteiger partial charge in [0.25, 0.3) is 11.9 Å². The molecule has 1 N–H and O–H groups in total. The van der Waals surface area contributed by atoms with E-state index in [4.69, 9.17) is 16.5 Å². The SMILES string of the molecule is O=c1c[n+](-c2cccnc2)[nH]o1.[Cl][Hg][Cl]. The predicted octanol–water partition coefficient (Wildman–Crippen LogP) is 1.02. The zero-order valence-corrected chi connectivity index (χ0v) is 14.6. The first-order chi connectivity index (χ1) is 7.27. The van der Waals surface area contributed by atoms with Gasteiger partial charge < -0.3 is 0 Å². The second kappa shape index (κ2) is 6.97. The Balaban J connectivity index is 0.000000337. The molecule has 76 valence electrons. The summed E-state index contributed by atoms with van der Waals surface area (Å²) in [6, 6.07) is 3.58. The van der Waals surface area contributed by atoms with Crippen LogP contribution in [-0.4, -0.2) is 10.3 Å². The molecular weight excluding hydrogens is 430 g/mol. The molecule has 0 bridgehead atoms. The summed E-state index contributed by atoms with van der Waals surface area (Å²) in [5, 5.41) is 2.41. The molecule has 5 nitrogen and oxygen atoms in total. The van der Waals surface area contributed by atoms with Crippen molar-refractivity contribution in [2.45, 2.75) is 0 Å². The van der Waals surface area contributed by atoms with Crippen molar-refractivity contribution in [3.63, 3.8) is 0 Å². The van der Waals surface area contributed by atoms with Gasteiger partial charge in [-0.15, -0.1) is 0 Å². The van der Waals surface area contributed by atoms with Crippen LogP contribution in [0.4, 0.5) is 0 Å². The number of pyridine rings is 1. The molecular formula is C7H6Cl2HgN3O2+. The molecule has 0 aliphatic carbocycles. The van der Waals surface area contributed by atoms with Gasteiger partial charge in [0, 0.05) is 12.3 Å². The Morgan fingerprint density at radius 3 is 2.73 bits per heavy atom. The number of aromatic nitrogens is 3. The number of halogens is 2. The molecule has 8 heteroatoms. The zero-order valence-electron chi connectivity index (χ0n) is 7.56. The van der Waals surface area contributed by atoms with Crippen molar-refractivity contribution in [1.29, 1.82) is 0 Å². The van der Waals surface area contributed by atoms with E-state index in [0.717, 1.165) is 5.69 Å². The summed E-state index contributed by atoms with van der Waals surface area (Å²) in [5.41, 5.74) is 0.335. The van der Waals surface area contributed by atoms with Crippen LogP contribution in [-0.2, 0) is 22.1 Å². The van der Waals surface area contributed by atoms with Crippen LogP contribution < -0.4 is 10.3 Å². The Morgan fingerprint density at radius 2 is 2.27 bits per heavy atom. The normalized spacial score (nSPS) is 8.67. The van der Waals surface area contributed by atoms with Crippen LogP contribution in [0.1, 0.15) is 0 Å². The predicted molar refractivity (Wildman–Crippen MR) is 50.4 cm³/mol. The molecule has 0 unspecified atom stereocenters. The molecule has 0 spiro atoms. The Morgan fingerprint density at radius 1 is 1.53 bits per heavy atom. The molecule has 2 heterocycles. The Kier molecular flexibility index (Phi) is 5.89. The van der Waals surface area contributed by atoms with Crippen LogP contribution in [0.5, 0.6) is 0 Å². The molecule has 0 saturated heterocycles. The second-order valence-corrected chi connectivity index (χ2v) is 10.2. The van der Waals surface area contributed by atoms with Crippen LogP contribution in [0.2, 0.25) is 0 Å². The standard InChI is InChI=1S/C7H5N3O2.2ClH.Hg/c11-7-5-10(9-12-7)6-2-1-3-8-4-6;;;/h1-5H;2*1H;/q;;;+2/p-1. The summed E-state index contributed by atoms with van der Waals surface area (Å²) in [6.45, 7) is 0. The molecule has 2 rings (SSSR count). The molecule has 0 aromatic carbocycles. The first-order valence-electron chi connectivity index (χ1n) is 3.90.